The molecule has 0 spiro atoms. The van der Waals surface area contributed by atoms with E-state index in [4.69, 9.17) is 33.0 Å². The molecule has 10 heteroatoms. The van der Waals surface area contributed by atoms with Gasteiger partial charge in [0, 0.05) is 35.7 Å². The first kappa shape index (κ1) is 25.6. The van der Waals surface area contributed by atoms with Crippen molar-refractivity contribution in [2.45, 2.75) is 21.9 Å². The standard InChI is InChI=1S/C23H24Cl2N2O5S/c1-13(23(31)27-10-9-26-15(11-27)22(30)16(29)12-28)14-7-8-19(21(25)20(14)24)33-18-6-4-3-5-17(18)32-2/h3-8,15-16,26,28-29H,1,9-12H2,2H3. The second-order valence-electron chi connectivity index (χ2n) is 7.33. The van der Waals surface area contributed by atoms with Gasteiger partial charge < -0.3 is 25.2 Å². The van der Waals surface area contributed by atoms with Gasteiger partial charge in [0.2, 0.25) is 0 Å². The number of methoxy groups -OCH3 is 1. The molecule has 176 valence electrons. The number of piperazine rings is 1. The quantitative estimate of drug-likeness (QED) is 0.469. The zero-order valence-corrected chi connectivity index (χ0v) is 20.2. The molecule has 2 aromatic carbocycles. The SMILES string of the molecule is C=C(C(=O)N1CCNC(C(=O)C(O)CO)C1)c1ccc(Sc2ccccc2OC)c(Cl)c1Cl. The largest absolute Gasteiger partial charge is 0.496 e. The van der Waals surface area contributed by atoms with Gasteiger partial charge in [0.05, 0.1) is 34.7 Å². The van der Waals surface area contributed by atoms with E-state index < -0.39 is 30.4 Å². The van der Waals surface area contributed by atoms with Crippen molar-refractivity contribution in [3.63, 3.8) is 0 Å². The number of carbonyl (C=O) groups excluding carboxylic acids is 2. The van der Waals surface area contributed by atoms with Crippen molar-refractivity contribution in [1.29, 1.82) is 0 Å². The second-order valence-corrected chi connectivity index (χ2v) is 9.17. The number of ketones is 1. The summed E-state index contributed by atoms with van der Waals surface area (Å²) in [4.78, 5) is 28.3. The topological polar surface area (TPSA) is 99.1 Å². The maximum absolute atomic E-state index is 13.1. The number of hydrogen-bond donors (Lipinski definition) is 3. The molecule has 2 atom stereocenters. The molecule has 0 aromatic heterocycles. The predicted octanol–water partition coefficient (Wildman–Crippen LogP) is 2.89. The van der Waals surface area contributed by atoms with Crippen LogP contribution < -0.4 is 10.1 Å². The van der Waals surface area contributed by atoms with Crippen LogP contribution in [0.3, 0.4) is 0 Å². The van der Waals surface area contributed by atoms with E-state index in [1.807, 2.05) is 24.3 Å². The molecule has 2 unspecified atom stereocenters. The second kappa shape index (κ2) is 11.4. The van der Waals surface area contributed by atoms with Crippen LogP contribution in [0.2, 0.25) is 10.0 Å². The molecule has 3 rings (SSSR count). The number of amides is 1. The summed E-state index contributed by atoms with van der Waals surface area (Å²) in [5.74, 6) is -0.261. The van der Waals surface area contributed by atoms with Gasteiger partial charge in [-0.05, 0) is 18.2 Å². The number of nitrogens with one attached hydrogen (secondary N) is 1. The van der Waals surface area contributed by atoms with Crippen LogP contribution in [0.25, 0.3) is 5.57 Å². The van der Waals surface area contributed by atoms with Crippen molar-refractivity contribution in [3.05, 3.63) is 58.6 Å². The summed E-state index contributed by atoms with van der Waals surface area (Å²) < 4.78 is 5.38. The number of rotatable bonds is 8. The zero-order valence-electron chi connectivity index (χ0n) is 17.9. The van der Waals surface area contributed by atoms with Gasteiger partial charge in [-0.25, -0.2) is 0 Å². The maximum atomic E-state index is 13.1. The first-order valence-electron chi connectivity index (χ1n) is 10.1. The summed E-state index contributed by atoms with van der Waals surface area (Å²) in [6, 6.07) is 10.2. The first-order chi connectivity index (χ1) is 15.8. The van der Waals surface area contributed by atoms with Crippen LogP contribution in [0, 0.1) is 0 Å². The molecular weight excluding hydrogens is 487 g/mol. The van der Waals surface area contributed by atoms with Crippen molar-refractivity contribution < 1.29 is 24.5 Å². The number of para-hydroxylation sites is 1. The highest BCUT2D eigenvalue weighted by atomic mass is 35.5. The number of Topliss-reactive ketones (excluding diaryl/α,β-unsaturated/α-hetero) is 1. The molecule has 1 amide bonds. The lowest BCUT2D eigenvalue weighted by Crippen LogP contribution is -2.58. The Balaban J connectivity index is 1.77. The van der Waals surface area contributed by atoms with Gasteiger partial charge in [-0.15, -0.1) is 0 Å². The third-order valence-corrected chi connectivity index (χ3v) is 7.34. The number of hydrogen-bond acceptors (Lipinski definition) is 7. The summed E-state index contributed by atoms with van der Waals surface area (Å²) in [7, 11) is 1.59. The average molecular weight is 511 g/mol. The minimum atomic E-state index is -1.50. The molecule has 2 aromatic rings. The van der Waals surface area contributed by atoms with E-state index in [9.17, 15) is 14.7 Å². The lowest BCUT2D eigenvalue weighted by Gasteiger charge is -2.34. The van der Waals surface area contributed by atoms with Crippen molar-refractivity contribution in [2.24, 2.45) is 0 Å². The Hall–Kier alpha value is -2.07. The fourth-order valence-corrected chi connectivity index (χ4v) is 5.00. The third kappa shape index (κ3) is 5.71. The lowest BCUT2D eigenvalue weighted by atomic mass is 10.0. The van der Waals surface area contributed by atoms with Crippen LogP contribution >= 0.6 is 35.0 Å². The minimum absolute atomic E-state index is 0.0425. The average Bonchev–Trinajstić information content (AvgIpc) is 2.85. The van der Waals surface area contributed by atoms with Gasteiger partial charge in [-0.1, -0.05) is 59.7 Å². The van der Waals surface area contributed by atoms with Gasteiger partial charge in [0.15, 0.2) is 5.78 Å². The van der Waals surface area contributed by atoms with E-state index in [2.05, 4.69) is 11.9 Å². The smallest absolute Gasteiger partial charge is 0.254 e. The highest BCUT2D eigenvalue weighted by Crippen LogP contribution is 2.43. The Kier molecular flexibility index (Phi) is 8.81. The van der Waals surface area contributed by atoms with E-state index in [0.717, 1.165) is 4.90 Å². The summed E-state index contributed by atoms with van der Waals surface area (Å²) in [5, 5.41) is 22.1. The monoisotopic (exact) mass is 510 g/mol. The summed E-state index contributed by atoms with van der Waals surface area (Å²) >= 11 is 14.4. The number of ether oxygens (including phenoxy) is 1. The van der Waals surface area contributed by atoms with Crippen LogP contribution in [0.15, 0.2) is 52.8 Å². The molecule has 1 fully saturated rings. The first-order valence-corrected chi connectivity index (χ1v) is 11.7. The Labute approximate surface area is 206 Å². The predicted molar refractivity (Wildman–Crippen MR) is 129 cm³/mol. The summed E-state index contributed by atoms with van der Waals surface area (Å²) in [6.07, 6.45) is -1.50. The van der Waals surface area contributed by atoms with Gasteiger partial charge in [-0.2, -0.15) is 0 Å². The van der Waals surface area contributed by atoms with Gasteiger partial charge >= 0.3 is 0 Å². The molecule has 33 heavy (non-hydrogen) atoms. The molecule has 0 aliphatic carbocycles. The van der Waals surface area contributed by atoms with E-state index in [1.165, 1.54) is 16.7 Å². The number of nitrogens with zero attached hydrogens (tertiary/aromatic N) is 1. The number of carbonyl (C=O) groups is 2. The van der Waals surface area contributed by atoms with Crippen LogP contribution in [-0.2, 0) is 9.59 Å². The molecule has 0 saturated carbocycles. The minimum Gasteiger partial charge on any atom is -0.496 e. The van der Waals surface area contributed by atoms with Crippen molar-refractivity contribution in [2.75, 3.05) is 33.4 Å². The van der Waals surface area contributed by atoms with E-state index >= 15 is 0 Å². The Bertz CT molecular complexity index is 1070. The van der Waals surface area contributed by atoms with Crippen molar-refractivity contribution in [1.82, 2.24) is 10.2 Å². The summed E-state index contributed by atoms with van der Waals surface area (Å²) in [6.45, 7) is 3.98. The van der Waals surface area contributed by atoms with Crippen molar-refractivity contribution in [3.8, 4) is 5.75 Å². The zero-order chi connectivity index (χ0) is 24.1. The van der Waals surface area contributed by atoms with Gasteiger partial charge in [0.1, 0.15) is 11.9 Å². The van der Waals surface area contributed by atoms with Crippen LogP contribution in [0.5, 0.6) is 5.75 Å². The fraction of sp³-hybridized carbons (Fsp3) is 0.304. The highest BCUT2D eigenvalue weighted by molar-refractivity contribution is 7.99. The van der Waals surface area contributed by atoms with Gasteiger partial charge in [0.25, 0.3) is 5.91 Å². The molecule has 7 nitrogen and oxygen atoms in total. The number of benzene rings is 2. The number of aliphatic hydroxyl groups excluding tert-OH is 2. The molecule has 0 bridgehead atoms. The summed E-state index contributed by atoms with van der Waals surface area (Å²) in [5.41, 5.74) is 0.541. The Morgan fingerprint density at radius 3 is 2.67 bits per heavy atom. The van der Waals surface area contributed by atoms with E-state index in [-0.39, 0.29) is 17.1 Å². The third-order valence-electron chi connectivity index (χ3n) is 5.23. The van der Waals surface area contributed by atoms with Crippen LogP contribution in [-0.4, -0.2) is 72.3 Å². The maximum Gasteiger partial charge on any atom is 0.254 e. The molecule has 1 heterocycles. The van der Waals surface area contributed by atoms with Crippen molar-refractivity contribution >= 4 is 52.2 Å². The van der Waals surface area contributed by atoms with Crippen LogP contribution in [0.1, 0.15) is 5.56 Å². The van der Waals surface area contributed by atoms with E-state index in [0.29, 0.717) is 34.3 Å². The molecule has 1 aliphatic rings. The Morgan fingerprint density at radius 1 is 1.24 bits per heavy atom. The Morgan fingerprint density at radius 2 is 1.97 bits per heavy atom. The normalized spacial score (nSPS) is 16.9. The fourth-order valence-electron chi connectivity index (χ4n) is 3.42. The van der Waals surface area contributed by atoms with Gasteiger partial charge in [-0.3, -0.25) is 9.59 Å². The molecule has 0 radical (unpaired) electrons. The molecule has 1 saturated heterocycles. The molecule has 3 N–H and O–H groups in total. The molecule has 1 aliphatic heterocycles. The lowest BCUT2D eigenvalue weighted by molar-refractivity contribution is -0.134. The highest BCUT2D eigenvalue weighted by Gasteiger charge is 2.32. The number of aliphatic hydroxyl groups is 2. The van der Waals surface area contributed by atoms with Crippen LogP contribution in [0.4, 0.5) is 0 Å². The molecular formula is C23H24Cl2N2O5S. The number of halogens is 2. The van der Waals surface area contributed by atoms with E-state index in [1.54, 1.807) is 19.2 Å².